The number of carbonyl (C=O) groups is 1. The van der Waals surface area contributed by atoms with E-state index in [1.54, 1.807) is 37.3 Å². The number of rotatable bonds is 6. The zero-order valence-electron chi connectivity index (χ0n) is 16.7. The van der Waals surface area contributed by atoms with Crippen molar-refractivity contribution in [1.29, 1.82) is 0 Å². The van der Waals surface area contributed by atoms with Crippen LogP contribution in [0.4, 0.5) is 11.5 Å². The van der Waals surface area contributed by atoms with Crippen LogP contribution in [0.15, 0.2) is 48.8 Å². The summed E-state index contributed by atoms with van der Waals surface area (Å²) >= 11 is 0. The van der Waals surface area contributed by atoms with E-state index in [0.29, 0.717) is 23.9 Å². The molecule has 3 rings (SSSR count). The Balaban J connectivity index is 1.73. The fourth-order valence-corrected chi connectivity index (χ4v) is 2.98. The third-order valence-corrected chi connectivity index (χ3v) is 4.53. The van der Waals surface area contributed by atoms with Crippen LogP contribution in [-0.2, 0) is 6.42 Å². The van der Waals surface area contributed by atoms with Gasteiger partial charge in [0, 0.05) is 37.7 Å². The normalized spacial score (nSPS) is 10.6. The molecule has 0 atom stereocenters. The van der Waals surface area contributed by atoms with E-state index in [4.69, 9.17) is 0 Å². The third-order valence-electron chi connectivity index (χ3n) is 4.53. The first-order valence-electron chi connectivity index (χ1n) is 9.26. The van der Waals surface area contributed by atoms with E-state index in [0.717, 1.165) is 23.2 Å². The molecule has 0 spiro atoms. The number of aryl methyl sites for hydroxylation is 3. The Hall–Kier alpha value is -3.28. The molecule has 28 heavy (non-hydrogen) atoms. The van der Waals surface area contributed by atoms with Gasteiger partial charge < -0.3 is 10.2 Å². The maximum atomic E-state index is 12.8. The molecule has 0 aliphatic rings. The van der Waals surface area contributed by atoms with Gasteiger partial charge in [0.25, 0.3) is 5.91 Å². The maximum Gasteiger partial charge on any atom is 0.272 e. The first kappa shape index (κ1) is 19.5. The molecule has 6 heteroatoms. The van der Waals surface area contributed by atoms with Gasteiger partial charge in [0.15, 0.2) is 0 Å². The molecule has 144 valence electrons. The van der Waals surface area contributed by atoms with Crippen molar-refractivity contribution in [3.05, 3.63) is 77.0 Å². The summed E-state index contributed by atoms with van der Waals surface area (Å²) in [5, 5.41) is 3.30. The van der Waals surface area contributed by atoms with Crippen LogP contribution in [0.25, 0.3) is 0 Å². The van der Waals surface area contributed by atoms with Crippen LogP contribution in [-0.4, -0.2) is 39.4 Å². The lowest BCUT2D eigenvalue weighted by Crippen LogP contribution is -2.30. The van der Waals surface area contributed by atoms with Crippen molar-refractivity contribution in [2.45, 2.75) is 27.2 Å². The molecule has 3 aromatic rings. The van der Waals surface area contributed by atoms with Crippen LogP contribution in [0.5, 0.6) is 0 Å². The van der Waals surface area contributed by atoms with Gasteiger partial charge in [0.1, 0.15) is 17.3 Å². The van der Waals surface area contributed by atoms with E-state index in [-0.39, 0.29) is 5.91 Å². The largest absolute Gasteiger partial charge is 0.340 e. The van der Waals surface area contributed by atoms with Crippen molar-refractivity contribution in [2.75, 3.05) is 18.9 Å². The highest BCUT2D eigenvalue weighted by molar-refractivity contribution is 5.93. The van der Waals surface area contributed by atoms with Crippen LogP contribution in [0.3, 0.4) is 0 Å². The molecular weight excluding hydrogens is 350 g/mol. The zero-order valence-corrected chi connectivity index (χ0v) is 16.7. The van der Waals surface area contributed by atoms with Crippen molar-refractivity contribution < 1.29 is 4.79 Å². The minimum absolute atomic E-state index is 0.122. The van der Waals surface area contributed by atoms with E-state index in [9.17, 15) is 4.79 Å². The van der Waals surface area contributed by atoms with Gasteiger partial charge in [-0.15, -0.1) is 0 Å². The van der Waals surface area contributed by atoms with Crippen LogP contribution in [0.1, 0.15) is 33.0 Å². The molecule has 0 saturated heterocycles. The predicted octanol–water partition coefficient (Wildman–Crippen LogP) is 3.86. The highest BCUT2D eigenvalue weighted by Crippen LogP contribution is 2.21. The number of benzene rings is 1. The number of anilines is 2. The Bertz CT molecular complexity index is 972. The highest BCUT2D eigenvalue weighted by Gasteiger charge is 2.15. The molecular formula is C22H25N5O. The molecule has 0 unspecified atom stereocenters. The molecule has 6 nitrogen and oxygen atoms in total. The minimum atomic E-state index is -0.122. The number of likely N-dealkylation sites (N-methyl/N-ethyl adjacent to an activating group) is 1. The molecule has 0 aliphatic carbocycles. The van der Waals surface area contributed by atoms with Crippen LogP contribution in [0, 0.1) is 20.8 Å². The number of aromatic nitrogens is 3. The van der Waals surface area contributed by atoms with Crippen molar-refractivity contribution in [1.82, 2.24) is 19.9 Å². The van der Waals surface area contributed by atoms with Crippen LogP contribution < -0.4 is 5.32 Å². The minimum Gasteiger partial charge on any atom is -0.340 e. The number of pyridine rings is 1. The quantitative estimate of drug-likeness (QED) is 0.708. The summed E-state index contributed by atoms with van der Waals surface area (Å²) in [6.45, 7) is 6.50. The number of carbonyl (C=O) groups excluding carboxylic acids is 1. The second-order valence-electron chi connectivity index (χ2n) is 6.96. The monoisotopic (exact) mass is 375 g/mol. The Morgan fingerprint density at radius 2 is 1.79 bits per heavy atom. The molecule has 1 amide bonds. The van der Waals surface area contributed by atoms with Crippen molar-refractivity contribution >= 4 is 17.4 Å². The molecule has 2 heterocycles. The predicted molar refractivity (Wildman–Crippen MR) is 111 cm³/mol. The van der Waals surface area contributed by atoms with Crippen LogP contribution >= 0.6 is 0 Å². The van der Waals surface area contributed by atoms with Gasteiger partial charge in [0.05, 0.1) is 0 Å². The van der Waals surface area contributed by atoms with Crippen molar-refractivity contribution in [3.63, 3.8) is 0 Å². The number of hydrogen-bond donors (Lipinski definition) is 1. The summed E-state index contributed by atoms with van der Waals surface area (Å²) in [6, 6.07) is 11.8. The number of amides is 1. The van der Waals surface area contributed by atoms with Gasteiger partial charge in [-0.3, -0.25) is 9.78 Å². The first-order valence-corrected chi connectivity index (χ1v) is 9.26. The van der Waals surface area contributed by atoms with Crippen molar-refractivity contribution in [3.8, 4) is 0 Å². The van der Waals surface area contributed by atoms with Gasteiger partial charge >= 0.3 is 0 Å². The fourth-order valence-electron chi connectivity index (χ4n) is 2.98. The number of nitrogens with zero attached hydrogens (tertiary/aromatic N) is 4. The van der Waals surface area contributed by atoms with Gasteiger partial charge in [-0.05, 0) is 56.5 Å². The van der Waals surface area contributed by atoms with Crippen molar-refractivity contribution in [2.24, 2.45) is 0 Å². The Morgan fingerprint density at radius 1 is 1.04 bits per heavy atom. The fraction of sp³-hybridized carbons (Fsp3) is 0.273. The molecule has 2 aromatic heterocycles. The summed E-state index contributed by atoms with van der Waals surface area (Å²) in [5.74, 6) is 1.05. The van der Waals surface area contributed by atoms with E-state index < -0.39 is 0 Å². The molecule has 1 aromatic carbocycles. The Kier molecular flexibility index (Phi) is 5.99. The average Bonchev–Trinajstić information content (AvgIpc) is 2.68. The van der Waals surface area contributed by atoms with E-state index in [1.807, 2.05) is 31.2 Å². The van der Waals surface area contributed by atoms with Gasteiger partial charge in [0.2, 0.25) is 0 Å². The summed E-state index contributed by atoms with van der Waals surface area (Å²) in [7, 11) is 1.79. The lowest BCUT2D eigenvalue weighted by Gasteiger charge is -2.17. The molecule has 0 bridgehead atoms. The maximum absolute atomic E-state index is 12.8. The van der Waals surface area contributed by atoms with E-state index >= 15 is 0 Å². The second kappa shape index (κ2) is 8.61. The Morgan fingerprint density at radius 3 is 2.50 bits per heavy atom. The second-order valence-corrected chi connectivity index (χ2v) is 6.96. The molecule has 0 fully saturated rings. The summed E-state index contributed by atoms with van der Waals surface area (Å²) in [6.07, 6.45) is 4.29. The highest BCUT2D eigenvalue weighted by atomic mass is 16.2. The third kappa shape index (κ3) is 4.91. The van der Waals surface area contributed by atoms with E-state index in [1.165, 1.54) is 5.56 Å². The summed E-state index contributed by atoms with van der Waals surface area (Å²) < 4.78 is 0. The number of nitrogens with one attached hydrogen (secondary N) is 1. The lowest BCUT2D eigenvalue weighted by atomic mass is 10.1. The molecule has 0 saturated carbocycles. The first-order chi connectivity index (χ1) is 13.4. The zero-order chi connectivity index (χ0) is 20.1. The smallest absolute Gasteiger partial charge is 0.272 e. The average molecular weight is 375 g/mol. The lowest BCUT2D eigenvalue weighted by molar-refractivity contribution is 0.0790. The SMILES string of the molecule is Cc1ccc(Nc2cc(C(=O)N(C)CCc3ccncc3)nc(C)n2)c(C)c1. The molecule has 0 aliphatic heterocycles. The number of hydrogen-bond acceptors (Lipinski definition) is 5. The van der Waals surface area contributed by atoms with E-state index in [2.05, 4.69) is 33.3 Å². The molecule has 0 radical (unpaired) electrons. The molecule has 1 N–H and O–H groups in total. The Labute approximate surface area is 165 Å². The standard InChI is InChI=1S/C22H25N5O/c1-15-5-6-19(16(2)13-15)26-21-14-20(24-17(3)25-21)22(28)27(4)12-9-18-7-10-23-11-8-18/h5-8,10-11,13-14H,9,12H2,1-4H3,(H,24,25,26). The topological polar surface area (TPSA) is 71.0 Å². The van der Waals surface area contributed by atoms with Gasteiger partial charge in [-0.25, -0.2) is 9.97 Å². The van der Waals surface area contributed by atoms with Gasteiger partial charge in [-0.2, -0.15) is 0 Å². The summed E-state index contributed by atoms with van der Waals surface area (Å²) in [4.78, 5) is 27.3. The van der Waals surface area contributed by atoms with Gasteiger partial charge in [-0.1, -0.05) is 17.7 Å². The summed E-state index contributed by atoms with van der Waals surface area (Å²) in [5.41, 5.74) is 4.82. The van der Waals surface area contributed by atoms with Crippen LogP contribution in [0.2, 0.25) is 0 Å².